The van der Waals surface area contributed by atoms with Gasteiger partial charge in [0, 0.05) is 29.7 Å². The normalized spacial score (nSPS) is 25.3. The van der Waals surface area contributed by atoms with E-state index < -0.39 is 17.0 Å². The number of hydrogen-bond acceptors (Lipinski definition) is 4. The number of hydrogen-bond donors (Lipinski definition) is 0. The molecule has 1 amide bonds. The molecule has 1 unspecified atom stereocenters. The zero-order chi connectivity index (χ0) is 17.9. The maximum atomic E-state index is 13.3. The van der Waals surface area contributed by atoms with Gasteiger partial charge in [-0.05, 0) is 36.6 Å². The summed E-state index contributed by atoms with van der Waals surface area (Å²) in [5.74, 6) is -0.279. The van der Waals surface area contributed by atoms with Gasteiger partial charge in [0.1, 0.15) is 0 Å². The summed E-state index contributed by atoms with van der Waals surface area (Å²) in [6, 6.07) is 11.2. The van der Waals surface area contributed by atoms with Crippen LogP contribution in [0, 0.1) is 0 Å². The summed E-state index contributed by atoms with van der Waals surface area (Å²) in [6.45, 7) is 0.974. The third kappa shape index (κ3) is 2.13. The first-order valence-electron chi connectivity index (χ1n) is 8.78. The highest BCUT2D eigenvalue weighted by molar-refractivity contribution is 6.30. The smallest absolute Gasteiger partial charge is 0.358 e. The lowest BCUT2D eigenvalue weighted by atomic mass is 9.93. The van der Waals surface area contributed by atoms with E-state index in [9.17, 15) is 9.59 Å². The SMILES string of the molecule is O=C1OC2(CCN(C(=O)C3(c4ccc(Cl)cc4)CC3)C2)c2cccnc21. The van der Waals surface area contributed by atoms with Crippen molar-refractivity contribution in [1.82, 2.24) is 9.88 Å². The van der Waals surface area contributed by atoms with E-state index in [4.69, 9.17) is 16.3 Å². The monoisotopic (exact) mass is 368 g/mol. The molecule has 1 saturated heterocycles. The molecule has 5 nitrogen and oxygen atoms in total. The predicted octanol–water partition coefficient (Wildman–Crippen LogP) is 3.06. The molecule has 2 aromatic rings. The second-order valence-electron chi connectivity index (χ2n) is 7.35. The molecule has 2 fully saturated rings. The lowest BCUT2D eigenvalue weighted by Gasteiger charge is -2.26. The molecule has 3 heterocycles. The van der Waals surface area contributed by atoms with Crippen molar-refractivity contribution >= 4 is 23.5 Å². The summed E-state index contributed by atoms with van der Waals surface area (Å²) in [6.07, 6.45) is 3.89. The van der Waals surface area contributed by atoms with Crippen molar-refractivity contribution in [2.75, 3.05) is 13.1 Å². The number of carbonyl (C=O) groups is 2. The summed E-state index contributed by atoms with van der Waals surface area (Å²) < 4.78 is 5.70. The number of esters is 1. The number of nitrogens with zero attached hydrogens (tertiary/aromatic N) is 2. The fourth-order valence-corrected chi connectivity index (χ4v) is 4.42. The molecule has 0 N–H and O–H groups in total. The highest BCUT2D eigenvalue weighted by Gasteiger charge is 2.58. The summed E-state index contributed by atoms with van der Waals surface area (Å²) in [5, 5.41) is 0.666. The molecule has 3 aliphatic rings. The fraction of sp³-hybridized carbons (Fsp3) is 0.350. The van der Waals surface area contributed by atoms with Crippen molar-refractivity contribution in [3.05, 3.63) is 64.4 Å². The summed E-state index contributed by atoms with van der Waals surface area (Å²) in [7, 11) is 0. The molecule has 2 aliphatic heterocycles. The number of likely N-dealkylation sites (tertiary alicyclic amines) is 1. The van der Waals surface area contributed by atoms with Crippen LogP contribution in [0.3, 0.4) is 0 Å². The number of benzene rings is 1. The Morgan fingerprint density at radius 2 is 1.92 bits per heavy atom. The number of pyridine rings is 1. The molecule has 1 aliphatic carbocycles. The number of amides is 1. The van der Waals surface area contributed by atoms with Crippen molar-refractivity contribution in [2.45, 2.75) is 30.3 Å². The molecule has 1 spiro atoms. The fourth-order valence-electron chi connectivity index (χ4n) is 4.30. The number of aromatic nitrogens is 1. The van der Waals surface area contributed by atoms with Gasteiger partial charge in [-0.1, -0.05) is 29.8 Å². The quantitative estimate of drug-likeness (QED) is 0.764. The van der Waals surface area contributed by atoms with Gasteiger partial charge in [0.2, 0.25) is 5.91 Å². The molecular weight excluding hydrogens is 352 g/mol. The van der Waals surface area contributed by atoms with Crippen molar-refractivity contribution in [3.63, 3.8) is 0 Å². The molecule has 0 radical (unpaired) electrons. The highest BCUT2D eigenvalue weighted by Crippen LogP contribution is 2.52. The Hall–Kier alpha value is -2.40. The second kappa shape index (κ2) is 5.30. The third-order valence-corrected chi connectivity index (χ3v) is 6.11. The lowest BCUT2D eigenvalue weighted by Crippen LogP contribution is -2.40. The Labute approximate surface area is 155 Å². The van der Waals surface area contributed by atoms with Gasteiger partial charge in [-0.15, -0.1) is 0 Å². The van der Waals surface area contributed by atoms with Crippen LogP contribution < -0.4 is 0 Å². The molecule has 0 bridgehead atoms. The topological polar surface area (TPSA) is 59.5 Å². The van der Waals surface area contributed by atoms with E-state index in [1.807, 2.05) is 41.3 Å². The Kier molecular flexibility index (Phi) is 3.23. The minimum atomic E-state index is -0.744. The maximum Gasteiger partial charge on any atom is 0.358 e. The van der Waals surface area contributed by atoms with E-state index in [-0.39, 0.29) is 5.91 Å². The standard InChI is InChI=1S/C20H17ClN2O3/c21-14-5-3-13(4-6-14)19(7-8-19)18(25)23-11-9-20(12-23)15-2-1-10-22-16(15)17(24)26-20/h1-6,10H,7-9,11-12H2. The van der Waals surface area contributed by atoms with Crippen LogP contribution in [0.25, 0.3) is 0 Å². The number of carbonyl (C=O) groups excluding carboxylic acids is 2. The van der Waals surface area contributed by atoms with Crippen LogP contribution in [0.5, 0.6) is 0 Å². The maximum absolute atomic E-state index is 13.3. The zero-order valence-electron chi connectivity index (χ0n) is 14.1. The van der Waals surface area contributed by atoms with Gasteiger partial charge < -0.3 is 9.64 Å². The molecule has 1 saturated carbocycles. The number of rotatable bonds is 2. The number of halogens is 1. The van der Waals surface area contributed by atoms with Gasteiger partial charge in [0.15, 0.2) is 11.3 Å². The van der Waals surface area contributed by atoms with Gasteiger partial charge in [0.25, 0.3) is 0 Å². The Bertz CT molecular complexity index is 923. The van der Waals surface area contributed by atoms with Crippen LogP contribution in [0.15, 0.2) is 42.6 Å². The van der Waals surface area contributed by atoms with E-state index in [0.29, 0.717) is 30.2 Å². The van der Waals surface area contributed by atoms with Gasteiger partial charge in [-0.3, -0.25) is 4.79 Å². The van der Waals surface area contributed by atoms with Crippen molar-refractivity contribution in [1.29, 1.82) is 0 Å². The molecular formula is C20H17ClN2O3. The van der Waals surface area contributed by atoms with E-state index in [2.05, 4.69) is 4.98 Å². The van der Waals surface area contributed by atoms with Gasteiger partial charge in [-0.25, -0.2) is 9.78 Å². The van der Waals surface area contributed by atoms with E-state index >= 15 is 0 Å². The van der Waals surface area contributed by atoms with Crippen LogP contribution in [0.4, 0.5) is 0 Å². The predicted molar refractivity (Wildman–Crippen MR) is 94.9 cm³/mol. The number of ether oxygens (including phenoxy) is 1. The van der Waals surface area contributed by atoms with Crippen LogP contribution in [0.1, 0.15) is 40.9 Å². The average Bonchev–Trinajstić information content (AvgIpc) is 3.28. The highest BCUT2D eigenvalue weighted by atomic mass is 35.5. The molecule has 6 heteroatoms. The largest absolute Gasteiger partial charge is 0.447 e. The minimum Gasteiger partial charge on any atom is -0.447 e. The summed E-state index contributed by atoms with van der Waals surface area (Å²) >= 11 is 5.98. The van der Waals surface area contributed by atoms with Gasteiger partial charge in [0.05, 0.1) is 12.0 Å². The van der Waals surface area contributed by atoms with Crippen molar-refractivity contribution in [2.24, 2.45) is 0 Å². The first-order chi connectivity index (χ1) is 12.5. The summed E-state index contributed by atoms with van der Waals surface area (Å²) in [4.78, 5) is 31.5. The zero-order valence-corrected chi connectivity index (χ0v) is 14.8. The van der Waals surface area contributed by atoms with Crippen molar-refractivity contribution in [3.8, 4) is 0 Å². The molecule has 1 aromatic carbocycles. The van der Waals surface area contributed by atoms with Crippen LogP contribution in [-0.2, 0) is 20.5 Å². The first-order valence-corrected chi connectivity index (χ1v) is 9.16. The second-order valence-corrected chi connectivity index (χ2v) is 7.79. The molecule has 1 atom stereocenters. The van der Waals surface area contributed by atoms with E-state index in [0.717, 1.165) is 24.0 Å². The van der Waals surface area contributed by atoms with E-state index in [1.165, 1.54) is 0 Å². The van der Waals surface area contributed by atoms with Crippen LogP contribution in [0.2, 0.25) is 5.02 Å². The minimum absolute atomic E-state index is 0.116. The molecule has 26 heavy (non-hydrogen) atoms. The van der Waals surface area contributed by atoms with E-state index in [1.54, 1.807) is 6.20 Å². The van der Waals surface area contributed by atoms with Crippen LogP contribution >= 0.6 is 11.6 Å². The van der Waals surface area contributed by atoms with Crippen LogP contribution in [-0.4, -0.2) is 34.8 Å². The molecule has 5 rings (SSSR count). The Morgan fingerprint density at radius 1 is 1.15 bits per heavy atom. The van der Waals surface area contributed by atoms with Gasteiger partial charge >= 0.3 is 5.97 Å². The molecule has 132 valence electrons. The third-order valence-electron chi connectivity index (χ3n) is 5.86. The lowest BCUT2D eigenvalue weighted by molar-refractivity contribution is -0.134. The van der Waals surface area contributed by atoms with Gasteiger partial charge in [-0.2, -0.15) is 0 Å². The first kappa shape index (κ1) is 15.8. The Balaban J connectivity index is 1.43. The summed E-state index contributed by atoms with van der Waals surface area (Å²) in [5.41, 5.74) is 0.999. The molecule has 1 aromatic heterocycles. The van der Waals surface area contributed by atoms with Crippen molar-refractivity contribution < 1.29 is 14.3 Å². The number of fused-ring (bicyclic) bond motifs is 2. The Morgan fingerprint density at radius 3 is 2.65 bits per heavy atom. The average molecular weight is 369 g/mol.